The summed E-state index contributed by atoms with van der Waals surface area (Å²) in [7, 11) is -3.32. The fourth-order valence-electron chi connectivity index (χ4n) is 2.07. The van der Waals surface area contributed by atoms with Crippen LogP contribution < -0.4 is 4.72 Å². The first-order valence-corrected chi connectivity index (χ1v) is 8.41. The van der Waals surface area contributed by atoms with E-state index in [1.165, 1.54) is 11.1 Å². The van der Waals surface area contributed by atoms with E-state index in [2.05, 4.69) is 20.7 Å². The molecule has 0 spiro atoms. The zero-order chi connectivity index (χ0) is 12.3. The topological polar surface area (TPSA) is 46.2 Å². The van der Waals surface area contributed by atoms with Crippen molar-refractivity contribution in [3.05, 3.63) is 29.3 Å². The second-order valence-corrected chi connectivity index (χ2v) is 6.78. The van der Waals surface area contributed by atoms with Crippen molar-refractivity contribution in [1.29, 1.82) is 0 Å². The summed E-state index contributed by atoms with van der Waals surface area (Å²) >= 11 is 3.28. The average Bonchev–Trinajstić information content (AvgIpc) is 2.76. The first-order chi connectivity index (χ1) is 8.13. The van der Waals surface area contributed by atoms with Gasteiger partial charge in [0.2, 0.25) is 10.0 Å². The molecule has 0 bridgehead atoms. The van der Waals surface area contributed by atoms with Crippen molar-refractivity contribution in [2.75, 3.05) is 11.9 Å². The van der Waals surface area contributed by atoms with Crippen molar-refractivity contribution < 1.29 is 8.42 Å². The zero-order valence-electron chi connectivity index (χ0n) is 9.58. The highest BCUT2D eigenvalue weighted by atomic mass is 79.9. The van der Waals surface area contributed by atoms with Gasteiger partial charge in [0, 0.05) is 11.9 Å². The minimum atomic E-state index is -3.32. The van der Waals surface area contributed by atoms with E-state index >= 15 is 0 Å². The number of alkyl halides is 1. The Balaban J connectivity index is 2.16. The van der Waals surface area contributed by atoms with E-state index in [0.29, 0.717) is 11.4 Å². The molecular weight excluding hydrogens is 302 g/mol. The molecule has 3 nitrogen and oxygen atoms in total. The maximum absolute atomic E-state index is 12.0. The monoisotopic (exact) mass is 317 g/mol. The maximum Gasteiger partial charge on any atom is 0.240 e. The van der Waals surface area contributed by atoms with Crippen LogP contribution >= 0.6 is 15.9 Å². The summed E-state index contributed by atoms with van der Waals surface area (Å²) in [6.45, 7) is 0.477. The molecule has 0 saturated carbocycles. The van der Waals surface area contributed by atoms with Gasteiger partial charge >= 0.3 is 0 Å². The number of hydrogen-bond donors (Lipinski definition) is 1. The van der Waals surface area contributed by atoms with Crippen molar-refractivity contribution in [1.82, 2.24) is 4.72 Å². The molecule has 1 aliphatic carbocycles. The van der Waals surface area contributed by atoms with Crippen molar-refractivity contribution in [2.45, 2.75) is 30.6 Å². The second-order valence-electron chi connectivity index (χ2n) is 4.22. The third-order valence-corrected chi connectivity index (χ3v) is 5.00. The molecule has 94 valence electrons. The Bertz CT molecular complexity index is 499. The Kier molecular flexibility index (Phi) is 4.22. The highest BCUT2D eigenvalue weighted by Gasteiger charge is 2.17. The summed E-state index contributed by atoms with van der Waals surface area (Å²) in [6, 6.07) is 5.47. The van der Waals surface area contributed by atoms with Crippen LogP contribution in [-0.2, 0) is 22.9 Å². The molecule has 1 aromatic carbocycles. The minimum Gasteiger partial charge on any atom is -0.211 e. The van der Waals surface area contributed by atoms with Crippen molar-refractivity contribution in [3.8, 4) is 0 Å². The van der Waals surface area contributed by atoms with Gasteiger partial charge in [-0.2, -0.15) is 0 Å². The molecule has 1 aromatic rings. The number of aryl methyl sites for hydroxylation is 2. The normalized spacial score (nSPS) is 14.9. The Morgan fingerprint density at radius 2 is 2.00 bits per heavy atom. The molecule has 0 fully saturated rings. The molecule has 1 N–H and O–H groups in total. The van der Waals surface area contributed by atoms with Gasteiger partial charge in [-0.15, -0.1) is 0 Å². The highest BCUT2D eigenvalue weighted by Crippen LogP contribution is 2.24. The molecule has 5 heteroatoms. The molecule has 17 heavy (non-hydrogen) atoms. The van der Waals surface area contributed by atoms with Crippen LogP contribution in [0.15, 0.2) is 23.1 Å². The zero-order valence-corrected chi connectivity index (χ0v) is 12.0. The van der Waals surface area contributed by atoms with Crippen LogP contribution in [0.2, 0.25) is 0 Å². The molecule has 0 atom stereocenters. The van der Waals surface area contributed by atoms with E-state index in [9.17, 15) is 8.42 Å². The summed E-state index contributed by atoms with van der Waals surface area (Å²) < 4.78 is 26.6. The van der Waals surface area contributed by atoms with Crippen LogP contribution in [0.25, 0.3) is 0 Å². The predicted octanol–water partition coefficient (Wildman–Crippen LogP) is 2.24. The lowest BCUT2D eigenvalue weighted by atomic mass is 10.1. The number of hydrogen-bond acceptors (Lipinski definition) is 2. The Morgan fingerprint density at radius 3 is 2.76 bits per heavy atom. The smallest absolute Gasteiger partial charge is 0.211 e. The Labute approximate surface area is 111 Å². The third kappa shape index (κ3) is 3.09. The fraction of sp³-hybridized carbons (Fsp3) is 0.500. The molecule has 0 radical (unpaired) electrons. The van der Waals surface area contributed by atoms with E-state index in [1.807, 2.05) is 12.1 Å². The molecule has 0 unspecified atom stereocenters. The maximum atomic E-state index is 12.0. The second kappa shape index (κ2) is 5.50. The SMILES string of the molecule is O=S(=O)(NCCCBr)c1ccc2c(c1)CCC2. The molecule has 2 rings (SSSR count). The lowest BCUT2D eigenvalue weighted by Gasteiger charge is -2.07. The Hall–Kier alpha value is -0.390. The van der Waals surface area contributed by atoms with Crippen LogP contribution in [0.1, 0.15) is 24.0 Å². The standard InChI is InChI=1S/C12H16BrNO2S/c13-7-2-8-14-17(15,16)12-6-5-10-3-1-4-11(10)9-12/h5-6,9,14H,1-4,7-8H2. The number of nitrogens with one attached hydrogen (secondary N) is 1. The molecule has 1 aliphatic rings. The molecule has 0 amide bonds. The van der Waals surface area contributed by atoms with Gasteiger partial charge in [0.1, 0.15) is 0 Å². The van der Waals surface area contributed by atoms with E-state index in [0.717, 1.165) is 31.0 Å². The lowest BCUT2D eigenvalue weighted by molar-refractivity contribution is 0.581. The van der Waals surface area contributed by atoms with Gasteiger partial charge in [-0.25, -0.2) is 13.1 Å². The summed E-state index contributed by atoms with van der Waals surface area (Å²) in [5.74, 6) is 0. The van der Waals surface area contributed by atoms with Crippen LogP contribution in [-0.4, -0.2) is 20.3 Å². The van der Waals surface area contributed by atoms with Crippen LogP contribution in [0.4, 0.5) is 0 Å². The van der Waals surface area contributed by atoms with Crippen molar-refractivity contribution in [2.24, 2.45) is 0 Å². The van der Waals surface area contributed by atoms with Gasteiger partial charge < -0.3 is 0 Å². The number of rotatable bonds is 5. The largest absolute Gasteiger partial charge is 0.240 e. The third-order valence-electron chi connectivity index (χ3n) is 2.98. The van der Waals surface area contributed by atoms with Gasteiger partial charge in [-0.1, -0.05) is 22.0 Å². The number of sulfonamides is 1. The molecule has 0 heterocycles. The van der Waals surface area contributed by atoms with Gasteiger partial charge in [0.15, 0.2) is 0 Å². The minimum absolute atomic E-state index is 0.396. The number of fused-ring (bicyclic) bond motifs is 1. The fourth-order valence-corrected chi connectivity index (χ4v) is 3.48. The van der Waals surface area contributed by atoms with E-state index in [-0.39, 0.29) is 0 Å². The molecule has 0 aliphatic heterocycles. The average molecular weight is 318 g/mol. The van der Waals surface area contributed by atoms with E-state index < -0.39 is 10.0 Å². The number of benzene rings is 1. The first kappa shape index (κ1) is 13.1. The van der Waals surface area contributed by atoms with Gasteiger partial charge in [0.25, 0.3) is 0 Å². The van der Waals surface area contributed by atoms with Crippen LogP contribution in [0.5, 0.6) is 0 Å². The van der Waals surface area contributed by atoms with Gasteiger partial charge in [-0.05, 0) is 48.9 Å². The number of halogens is 1. The van der Waals surface area contributed by atoms with Gasteiger partial charge in [0.05, 0.1) is 4.90 Å². The van der Waals surface area contributed by atoms with E-state index in [4.69, 9.17) is 0 Å². The summed E-state index contributed by atoms with van der Waals surface area (Å²) in [6.07, 6.45) is 4.01. The summed E-state index contributed by atoms with van der Waals surface area (Å²) in [5.41, 5.74) is 2.48. The summed E-state index contributed by atoms with van der Waals surface area (Å²) in [5, 5.41) is 0.805. The lowest BCUT2D eigenvalue weighted by Crippen LogP contribution is -2.25. The highest BCUT2D eigenvalue weighted by molar-refractivity contribution is 9.09. The quantitative estimate of drug-likeness (QED) is 0.668. The first-order valence-electron chi connectivity index (χ1n) is 5.81. The van der Waals surface area contributed by atoms with Crippen molar-refractivity contribution >= 4 is 26.0 Å². The predicted molar refractivity (Wildman–Crippen MR) is 72.1 cm³/mol. The summed E-state index contributed by atoms with van der Waals surface area (Å²) in [4.78, 5) is 0.396. The molecule has 0 aromatic heterocycles. The van der Waals surface area contributed by atoms with Crippen molar-refractivity contribution in [3.63, 3.8) is 0 Å². The molecule has 0 saturated heterocycles. The van der Waals surface area contributed by atoms with Crippen LogP contribution in [0.3, 0.4) is 0 Å². The Morgan fingerprint density at radius 1 is 1.24 bits per heavy atom. The molecular formula is C12H16BrNO2S. The van der Waals surface area contributed by atoms with Gasteiger partial charge in [-0.3, -0.25) is 0 Å². The van der Waals surface area contributed by atoms with Crippen LogP contribution in [0, 0.1) is 0 Å². The van der Waals surface area contributed by atoms with E-state index in [1.54, 1.807) is 6.07 Å².